The molecule has 0 radical (unpaired) electrons. The minimum atomic E-state index is -4.57. The van der Waals surface area contributed by atoms with Gasteiger partial charge in [0, 0.05) is 56.1 Å². The summed E-state index contributed by atoms with van der Waals surface area (Å²) in [6, 6.07) is 6.62. The highest BCUT2D eigenvalue weighted by Gasteiger charge is 2.44. The number of piperidine rings is 1. The first-order valence-corrected chi connectivity index (χ1v) is 15.2. The fourth-order valence-corrected chi connectivity index (χ4v) is 5.88. The van der Waals surface area contributed by atoms with E-state index in [0.717, 1.165) is 11.3 Å². The van der Waals surface area contributed by atoms with Gasteiger partial charge >= 0.3 is 6.18 Å². The van der Waals surface area contributed by atoms with Crippen LogP contribution in [0.3, 0.4) is 0 Å². The number of nitrogens with two attached hydrogens (primary N) is 1. The molecule has 2 fully saturated rings. The van der Waals surface area contributed by atoms with E-state index in [4.69, 9.17) is 15.2 Å². The lowest BCUT2D eigenvalue weighted by Crippen LogP contribution is -2.56. The van der Waals surface area contributed by atoms with Gasteiger partial charge in [-0.3, -0.25) is 14.4 Å². The van der Waals surface area contributed by atoms with Gasteiger partial charge in [0.05, 0.1) is 43.6 Å². The topological polar surface area (TPSA) is 158 Å². The van der Waals surface area contributed by atoms with Crippen LogP contribution in [0.2, 0.25) is 0 Å². The van der Waals surface area contributed by atoms with Crippen molar-refractivity contribution in [1.82, 2.24) is 24.6 Å². The molecule has 0 bridgehead atoms. The maximum Gasteiger partial charge on any atom is 0.419 e. The Morgan fingerprint density at radius 1 is 1.11 bits per heavy atom. The summed E-state index contributed by atoms with van der Waals surface area (Å²) in [4.78, 5) is 49.7. The van der Waals surface area contributed by atoms with Crippen LogP contribution in [0.25, 0.3) is 0 Å². The summed E-state index contributed by atoms with van der Waals surface area (Å²) < 4.78 is 51.3. The molecule has 2 aliphatic rings. The Kier molecular flexibility index (Phi) is 9.98. The molecule has 4 heterocycles. The third kappa shape index (κ3) is 7.64. The largest absolute Gasteiger partial charge is 0.497 e. The van der Waals surface area contributed by atoms with Crippen LogP contribution in [0.1, 0.15) is 36.5 Å². The number of halogens is 3. The number of likely N-dealkylation sites (tertiary alicyclic amines) is 1. The second-order valence-corrected chi connectivity index (χ2v) is 11.8. The molecule has 3 aromatic rings. The Balaban J connectivity index is 1.15. The third-order valence-corrected chi connectivity index (χ3v) is 8.51. The Hall–Kier alpha value is -4.73. The molecule has 2 aliphatic heterocycles. The van der Waals surface area contributed by atoms with Crippen molar-refractivity contribution in [3.05, 3.63) is 69.9 Å². The molecule has 5 rings (SSSR count). The van der Waals surface area contributed by atoms with Crippen molar-refractivity contribution in [2.45, 2.75) is 57.6 Å². The lowest BCUT2D eigenvalue weighted by molar-refractivity contribution is -0.141. The minimum absolute atomic E-state index is 0.0538. The van der Waals surface area contributed by atoms with Crippen LogP contribution in [-0.4, -0.2) is 88.0 Å². The zero-order chi connectivity index (χ0) is 33.9. The molecular formula is C31H37F3N8O5. The van der Waals surface area contributed by atoms with E-state index >= 15 is 0 Å². The van der Waals surface area contributed by atoms with Gasteiger partial charge in [-0.25, -0.2) is 14.6 Å². The fraction of sp³-hybridized carbons (Fsp3) is 0.484. The van der Waals surface area contributed by atoms with E-state index in [1.165, 1.54) is 4.68 Å². The second-order valence-electron chi connectivity index (χ2n) is 11.8. The number of nitrogens with zero attached hydrogens (tertiary/aromatic N) is 6. The molecule has 1 aromatic carbocycles. The molecule has 13 nitrogen and oxygen atoms in total. The Labute approximate surface area is 268 Å². The van der Waals surface area contributed by atoms with Crippen LogP contribution >= 0.6 is 0 Å². The van der Waals surface area contributed by atoms with Gasteiger partial charge in [0.1, 0.15) is 11.9 Å². The van der Waals surface area contributed by atoms with Crippen molar-refractivity contribution >= 4 is 23.5 Å². The number of hydrogen-bond donors (Lipinski definition) is 2. The zero-order valence-electron chi connectivity index (χ0n) is 26.2. The molecule has 2 unspecified atom stereocenters. The summed E-state index contributed by atoms with van der Waals surface area (Å²) in [6.45, 7) is 4.81. The van der Waals surface area contributed by atoms with Crippen molar-refractivity contribution in [3.63, 3.8) is 0 Å². The van der Waals surface area contributed by atoms with E-state index < -0.39 is 35.7 Å². The Morgan fingerprint density at radius 2 is 1.81 bits per heavy atom. The summed E-state index contributed by atoms with van der Waals surface area (Å²) >= 11 is 0. The van der Waals surface area contributed by atoms with Gasteiger partial charge in [-0.05, 0) is 38.0 Å². The molecule has 2 saturated heterocycles. The Bertz CT molecular complexity index is 1630. The van der Waals surface area contributed by atoms with E-state index in [-0.39, 0.29) is 36.6 Å². The monoisotopic (exact) mass is 658 g/mol. The first kappa shape index (κ1) is 33.6. The van der Waals surface area contributed by atoms with Crippen molar-refractivity contribution in [2.24, 2.45) is 11.7 Å². The maximum atomic E-state index is 13.4. The van der Waals surface area contributed by atoms with Gasteiger partial charge in [-0.2, -0.15) is 18.3 Å². The number of primary amides is 1. The summed E-state index contributed by atoms with van der Waals surface area (Å²) in [6.07, 6.45) is -1.53. The molecule has 0 spiro atoms. The minimum Gasteiger partial charge on any atom is -0.497 e. The number of carbonyl (C=O) groups is 2. The summed E-state index contributed by atoms with van der Waals surface area (Å²) in [7, 11) is 1.59. The number of ether oxygens (including phenoxy) is 2. The SMILES string of the molecule is COc1ccc(Cn2ncc(N[C@@H](C)CO[C@@H]3CCN(C4CCN(c5ncc(C(F)(F)F)cn5)CC4C(N)=O)C3=O)c(C)c2=O)cc1. The number of aromatic nitrogens is 4. The van der Waals surface area contributed by atoms with E-state index in [0.29, 0.717) is 56.1 Å². The molecule has 252 valence electrons. The molecule has 47 heavy (non-hydrogen) atoms. The maximum absolute atomic E-state index is 13.4. The lowest BCUT2D eigenvalue weighted by atomic mass is 9.90. The number of methoxy groups -OCH3 is 1. The van der Waals surface area contributed by atoms with Crippen LogP contribution in [-0.2, 0) is 27.0 Å². The second kappa shape index (κ2) is 13.9. The molecule has 0 saturated carbocycles. The summed E-state index contributed by atoms with van der Waals surface area (Å²) in [5.74, 6) is -0.889. The fourth-order valence-electron chi connectivity index (χ4n) is 5.88. The van der Waals surface area contributed by atoms with Gasteiger partial charge in [-0.1, -0.05) is 12.1 Å². The molecular weight excluding hydrogens is 621 g/mol. The molecule has 2 amide bonds. The normalized spacial score (nSPS) is 20.7. The summed E-state index contributed by atoms with van der Waals surface area (Å²) in [5.41, 5.74) is 6.46. The van der Waals surface area contributed by atoms with E-state index in [9.17, 15) is 27.6 Å². The predicted octanol–water partition coefficient (Wildman–Crippen LogP) is 2.22. The number of benzene rings is 1. The quantitative estimate of drug-likeness (QED) is 0.313. The number of alkyl halides is 3. The van der Waals surface area contributed by atoms with Gasteiger partial charge in [0.2, 0.25) is 11.9 Å². The number of hydrogen-bond acceptors (Lipinski definition) is 10. The standard InChI is InChI=1S/C31H37F3N8O5/c1-18(39-24-14-38-42(28(44)19(24)2)15-20-4-6-22(46-3)7-5-20)17-47-26-9-11-41(29(26)45)25-8-10-40(16-23(25)27(35)43)30-36-12-21(13-37-30)31(32,33)34/h4-7,12-14,18,23,25-26,39H,8-11,15-17H2,1-3H3,(H2,35,43)/t18-,23?,25?,26+/m0/s1. The van der Waals surface area contributed by atoms with E-state index in [1.54, 1.807) is 30.0 Å². The van der Waals surface area contributed by atoms with Gasteiger partial charge < -0.3 is 30.3 Å². The van der Waals surface area contributed by atoms with Crippen molar-refractivity contribution in [3.8, 4) is 5.75 Å². The smallest absolute Gasteiger partial charge is 0.419 e. The van der Waals surface area contributed by atoms with Crippen LogP contribution in [0.15, 0.2) is 47.7 Å². The number of carbonyl (C=O) groups excluding carboxylic acids is 2. The van der Waals surface area contributed by atoms with Crippen molar-refractivity contribution in [2.75, 3.05) is 43.6 Å². The number of amides is 2. The lowest BCUT2D eigenvalue weighted by Gasteiger charge is -2.41. The number of anilines is 2. The van der Waals surface area contributed by atoms with Gasteiger partial charge in [0.25, 0.3) is 11.5 Å². The average molecular weight is 659 g/mol. The van der Waals surface area contributed by atoms with E-state index in [2.05, 4.69) is 20.4 Å². The first-order valence-electron chi connectivity index (χ1n) is 15.2. The predicted molar refractivity (Wildman–Crippen MR) is 165 cm³/mol. The average Bonchev–Trinajstić information content (AvgIpc) is 3.42. The highest BCUT2D eigenvalue weighted by molar-refractivity contribution is 5.85. The zero-order valence-corrected chi connectivity index (χ0v) is 26.2. The van der Waals surface area contributed by atoms with Crippen LogP contribution in [0.4, 0.5) is 24.8 Å². The molecule has 2 aromatic heterocycles. The van der Waals surface area contributed by atoms with E-state index in [1.807, 2.05) is 31.2 Å². The van der Waals surface area contributed by atoms with Crippen LogP contribution < -0.4 is 26.2 Å². The molecule has 4 atom stereocenters. The third-order valence-electron chi connectivity index (χ3n) is 8.51. The number of nitrogens with one attached hydrogen (secondary N) is 1. The molecule has 16 heteroatoms. The number of rotatable bonds is 11. The highest BCUT2D eigenvalue weighted by Crippen LogP contribution is 2.31. The Morgan fingerprint density at radius 3 is 2.45 bits per heavy atom. The van der Waals surface area contributed by atoms with Crippen LogP contribution in [0, 0.1) is 12.8 Å². The van der Waals surface area contributed by atoms with Crippen molar-refractivity contribution in [1.29, 1.82) is 0 Å². The molecule has 0 aliphatic carbocycles. The van der Waals surface area contributed by atoms with Gasteiger partial charge in [0.15, 0.2) is 0 Å². The van der Waals surface area contributed by atoms with Gasteiger partial charge in [-0.15, -0.1) is 0 Å². The van der Waals surface area contributed by atoms with Crippen LogP contribution in [0.5, 0.6) is 5.75 Å². The van der Waals surface area contributed by atoms with Crippen molar-refractivity contribution < 1.29 is 32.2 Å². The molecule has 3 N–H and O–H groups in total. The highest BCUT2D eigenvalue weighted by atomic mass is 19.4. The first-order chi connectivity index (χ1) is 22.3. The summed E-state index contributed by atoms with van der Waals surface area (Å²) in [5, 5.41) is 7.56.